The van der Waals surface area contributed by atoms with Gasteiger partial charge >= 0.3 is 0 Å². The van der Waals surface area contributed by atoms with E-state index in [-0.39, 0.29) is 16.0 Å². The minimum atomic E-state index is -0.297. The van der Waals surface area contributed by atoms with Crippen LogP contribution in [-0.2, 0) is 6.42 Å². The highest BCUT2D eigenvalue weighted by atomic mass is 16.6. The predicted octanol–water partition coefficient (Wildman–Crippen LogP) is 2.85. The first kappa shape index (κ1) is 10.9. The summed E-state index contributed by atoms with van der Waals surface area (Å²) in [7, 11) is 0. The van der Waals surface area contributed by atoms with E-state index in [0.29, 0.717) is 11.6 Å². The zero-order chi connectivity index (χ0) is 11.9. The van der Waals surface area contributed by atoms with E-state index in [9.17, 15) is 10.1 Å². The van der Waals surface area contributed by atoms with Crippen molar-refractivity contribution in [3.8, 4) is 0 Å². The molecule has 2 rings (SSSR count). The summed E-state index contributed by atoms with van der Waals surface area (Å²) in [5.74, 6) is 0.388. The van der Waals surface area contributed by atoms with Gasteiger partial charge in [0.25, 0.3) is 5.70 Å². The van der Waals surface area contributed by atoms with Crippen molar-refractivity contribution in [2.24, 2.45) is 11.3 Å². The van der Waals surface area contributed by atoms with E-state index < -0.39 is 0 Å². The molecule has 0 fully saturated rings. The highest BCUT2D eigenvalue weighted by molar-refractivity contribution is 5.60. The molecule has 1 aromatic heterocycles. The molecule has 1 N–H and O–H groups in total. The van der Waals surface area contributed by atoms with Gasteiger partial charge in [0.2, 0.25) is 0 Å². The van der Waals surface area contributed by atoms with Gasteiger partial charge in [-0.2, -0.15) is 0 Å². The van der Waals surface area contributed by atoms with E-state index in [4.69, 9.17) is 0 Å². The lowest BCUT2D eigenvalue weighted by Gasteiger charge is -2.26. The number of rotatable bonds is 1. The molecule has 16 heavy (non-hydrogen) atoms. The minimum absolute atomic E-state index is 0.151. The number of hydrogen-bond donors (Lipinski definition) is 1. The summed E-state index contributed by atoms with van der Waals surface area (Å²) < 4.78 is 0. The standard InChI is InChI=1S/C12H16N2O2/c1-8-6-9-4-5-13-11(9)10(14(15)16)7-12(8,2)3/h4-5,7-8,13H,6H2,1-3H3. The van der Waals surface area contributed by atoms with Gasteiger partial charge in [0, 0.05) is 12.3 Å². The zero-order valence-corrected chi connectivity index (χ0v) is 9.78. The summed E-state index contributed by atoms with van der Waals surface area (Å²) >= 11 is 0. The van der Waals surface area contributed by atoms with Crippen molar-refractivity contribution in [3.05, 3.63) is 39.7 Å². The second kappa shape index (κ2) is 3.47. The highest BCUT2D eigenvalue weighted by Crippen LogP contribution is 2.38. The van der Waals surface area contributed by atoms with Crippen LogP contribution in [0.25, 0.3) is 5.70 Å². The first-order chi connectivity index (χ1) is 7.42. The van der Waals surface area contributed by atoms with E-state index in [1.165, 1.54) is 0 Å². The molecule has 4 nitrogen and oxygen atoms in total. The van der Waals surface area contributed by atoms with Crippen LogP contribution in [0.1, 0.15) is 32.0 Å². The third-order valence-corrected chi connectivity index (χ3v) is 3.59. The van der Waals surface area contributed by atoms with Crippen molar-refractivity contribution < 1.29 is 4.92 Å². The number of allylic oxidation sites excluding steroid dienone is 1. The SMILES string of the molecule is CC1Cc2cc[nH]c2C([N+](=O)[O-])=CC1(C)C. The molecule has 0 aromatic carbocycles. The fraction of sp³-hybridized carbons (Fsp3) is 0.500. The molecule has 0 aliphatic heterocycles. The van der Waals surface area contributed by atoms with Gasteiger partial charge in [-0.05, 0) is 29.4 Å². The summed E-state index contributed by atoms with van der Waals surface area (Å²) in [6.07, 6.45) is 4.42. The van der Waals surface area contributed by atoms with Crippen LogP contribution in [0.5, 0.6) is 0 Å². The Hall–Kier alpha value is -1.58. The van der Waals surface area contributed by atoms with Gasteiger partial charge < -0.3 is 4.98 Å². The van der Waals surface area contributed by atoms with Crippen LogP contribution in [-0.4, -0.2) is 9.91 Å². The lowest BCUT2D eigenvalue weighted by atomic mass is 9.78. The Kier molecular flexibility index (Phi) is 2.37. The molecule has 0 bridgehead atoms. The maximum absolute atomic E-state index is 11.1. The van der Waals surface area contributed by atoms with Gasteiger partial charge in [-0.25, -0.2) is 0 Å². The van der Waals surface area contributed by atoms with Gasteiger partial charge in [0.15, 0.2) is 0 Å². The van der Waals surface area contributed by atoms with E-state index >= 15 is 0 Å². The Morgan fingerprint density at radius 1 is 1.56 bits per heavy atom. The summed E-state index contributed by atoms with van der Waals surface area (Å²) in [5, 5.41) is 11.1. The topological polar surface area (TPSA) is 58.9 Å². The average molecular weight is 220 g/mol. The maximum Gasteiger partial charge on any atom is 0.289 e. The molecule has 1 aliphatic rings. The maximum atomic E-state index is 11.1. The van der Waals surface area contributed by atoms with Crippen molar-refractivity contribution in [2.75, 3.05) is 0 Å². The number of H-pyrrole nitrogens is 1. The highest BCUT2D eigenvalue weighted by Gasteiger charge is 2.34. The molecule has 4 heteroatoms. The number of nitrogens with one attached hydrogen (secondary N) is 1. The fourth-order valence-corrected chi connectivity index (χ4v) is 2.11. The molecular weight excluding hydrogens is 204 g/mol. The van der Waals surface area contributed by atoms with E-state index in [2.05, 4.69) is 11.9 Å². The molecule has 0 radical (unpaired) electrons. The van der Waals surface area contributed by atoms with Gasteiger partial charge in [-0.3, -0.25) is 10.1 Å². The average Bonchev–Trinajstić information content (AvgIpc) is 2.58. The Labute approximate surface area is 94.5 Å². The van der Waals surface area contributed by atoms with Gasteiger partial charge in [0.05, 0.1) is 4.92 Å². The lowest BCUT2D eigenvalue weighted by Crippen LogP contribution is -2.20. The van der Waals surface area contributed by atoms with Crippen LogP contribution in [0.2, 0.25) is 0 Å². The van der Waals surface area contributed by atoms with Gasteiger partial charge in [-0.1, -0.05) is 20.8 Å². The molecule has 0 saturated carbocycles. The molecule has 1 atom stereocenters. The molecule has 1 unspecified atom stereocenters. The number of nitro groups is 1. The van der Waals surface area contributed by atoms with Crippen LogP contribution in [0.4, 0.5) is 0 Å². The largest absolute Gasteiger partial charge is 0.356 e. The second-order valence-electron chi connectivity index (χ2n) is 5.09. The normalized spacial score (nSPS) is 23.2. The smallest absolute Gasteiger partial charge is 0.289 e. The zero-order valence-electron chi connectivity index (χ0n) is 9.78. The Bertz CT molecular complexity index is 457. The first-order valence-electron chi connectivity index (χ1n) is 5.45. The Morgan fingerprint density at radius 2 is 2.25 bits per heavy atom. The molecular formula is C12H16N2O2. The van der Waals surface area contributed by atoms with Gasteiger partial charge in [-0.15, -0.1) is 0 Å². The van der Waals surface area contributed by atoms with Crippen LogP contribution < -0.4 is 0 Å². The van der Waals surface area contributed by atoms with Gasteiger partial charge in [0.1, 0.15) is 5.69 Å². The van der Waals surface area contributed by atoms with Crippen LogP contribution in [0, 0.1) is 21.4 Å². The van der Waals surface area contributed by atoms with E-state index in [0.717, 1.165) is 12.0 Å². The minimum Gasteiger partial charge on any atom is -0.356 e. The van der Waals surface area contributed by atoms with Crippen molar-refractivity contribution in [1.82, 2.24) is 4.98 Å². The summed E-state index contributed by atoms with van der Waals surface area (Å²) in [6.45, 7) is 6.23. The summed E-state index contributed by atoms with van der Waals surface area (Å²) in [5.41, 5.74) is 1.76. The first-order valence-corrected chi connectivity index (χ1v) is 5.45. The predicted molar refractivity (Wildman–Crippen MR) is 62.4 cm³/mol. The molecule has 0 saturated heterocycles. The van der Waals surface area contributed by atoms with Crippen LogP contribution >= 0.6 is 0 Å². The quantitative estimate of drug-likeness (QED) is 0.584. The number of fused-ring (bicyclic) bond motifs is 1. The Morgan fingerprint density at radius 3 is 2.88 bits per heavy atom. The lowest BCUT2D eigenvalue weighted by molar-refractivity contribution is -0.376. The van der Waals surface area contributed by atoms with Crippen molar-refractivity contribution in [1.29, 1.82) is 0 Å². The number of aromatic nitrogens is 1. The Balaban J connectivity index is 2.59. The van der Waals surface area contributed by atoms with Crippen LogP contribution in [0.15, 0.2) is 18.3 Å². The number of nitrogens with zero attached hydrogens (tertiary/aromatic N) is 1. The molecule has 1 aliphatic carbocycles. The fourth-order valence-electron chi connectivity index (χ4n) is 2.11. The molecule has 1 heterocycles. The van der Waals surface area contributed by atoms with E-state index in [1.807, 2.05) is 19.9 Å². The number of aromatic amines is 1. The molecule has 86 valence electrons. The monoisotopic (exact) mass is 220 g/mol. The number of hydrogen-bond acceptors (Lipinski definition) is 2. The molecule has 0 spiro atoms. The van der Waals surface area contributed by atoms with Crippen molar-refractivity contribution in [2.45, 2.75) is 27.2 Å². The second-order valence-corrected chi connectivity index (χ2v) is 5.09. The molecule has 0 amide bonds. The van der Waals surface area contributed by atoms with Crippen molar-refractivity contribution >= 4 is 5.70 Å². The molecule has 1 aromatic rings. The summed E-state index contributed by atoms with van der Waals surface area (Å²) in [6, 6.07) is 1.94. The third-order valence-electron chi connectivity index (χ3n) is 3.59. The van der Waals surface area contributed by atoms with Crippen LogP contribution in [0.3, 0.4) is 0 Å². The third kappa shape index (κ3) is 1.64. The van der Waals surface area contributed by atoms with Crippen molar-refractivity contribution in [3.63, 3.8) is 0 Å². The summed E-state index contributed by atoms with van der Waals surface area (Å²) in [4.78, 5) is 13.8. The van der Waals surface area contributed by atoms with E-state index in [1.54, 1.807) is 12.3 Å².